The van der Waals surface area contributed by atoms with Gasteiger partial charge in [-0.1, -0.05) is 26.0 Å². The van der Waals surface area contributed by atoms with Crippen molar-refractivity contribution in [2.75, 3.05) is 5.75 Å². The lowest BCUT2D eigenvalue weighted by molar-refractivity contribution is -0.139. The second kappa shape index (κ2) is 8.89. The van der Waals surface area contributed by atoms with Crippen LogP contribution in [0.15, 0.2) is 41.1 Å². The molecular weight excluding hydrogens is 383 g/mol. The van der Waals surface area contributed by atoms with Crippen molar-refractivity contribution in [1.82, 2.24) is 10.2 Å². The van der Waals surface area contributed by atoms with Crippen LogP contribution >= 0.6 is 23.1 Å². The van der Waals surface area contributed by atoms with E-state index in [0.29, 0.717) is 18.7 Å². The van der Waals surface area contributed by atoms with E-state index in [0.717, 1.165) is 11.1 Å². The van der Waals surface area contributed by atoms with Crippen LogP contribution in [-0.2, 0) is 16.1 Å². The molecule has 0 radical (unpaired) electrons. The third-order valence-corrected chi connectivity index (χ3v) is 6.38. The number of rotatable bonds is 7. The van der Waals surface area contributed by atoms with E-state index in [1.165, 1.54) is 12.1 Å². The Bertz CT molecular complexity index is 778. The van der Waals surface area contributed by atoms with Crippen molar-refractivity contribution in [3.63, 3.8) is 0 Å². The zero-order chi connectivity index (χ0) is 19.4. The summed E-state index contributed by atoms with van der Waals surface area (Å²) < 4.78 is 13.0. The standard InChI is InChI=1S/C20H23FN2O2S2/c1-13(2)9-17(19(25)22-10-14-3-5-16(21)6-4-14)23-18(24)12-27-20(23)15-7-8-26-11-15/h3-8,11,13,17,20H,9-10,12H2,1-2H3,(H,22,25)/t17-,20+/m0/s1. The molecule has 2 aromatic rings. The zero-order valence-electron chi connectivity index (χ0n) is 15.4. The largest absolute Gasteiger partial charge is 0.350 e. The first-order valence-corrected chi connectivity index (χ1v) is 10.9. The Balaban J connectivity index is 1.76. The Morgan fingerprint density at radius 1 is 1.30 bits per heavy atom. The van der Waals surface area contributed by atoms with Gasteiger partial charge in [-0.05, 0) is 52.4 Å². The summed E-state index contributed by atoms with van der Waals surface area (Å²) in [5.41, 5.74) is 1.89. The number of benzene rings is 1. The maximum atomic E-state index is 13.0. The zero-order valence-corrected chi connectivity index (χ0v) is 17.0. The normalized spacial score (nSPS) is 18.1. The molecule has 3 rings (SSSR count). The highest BCUT2D eigenvalue weighted by atomic mass is 32.2. The molecule has 0 unspecified atom stereocenters. The van der Waals surface area contributed by atoms with Gasteiger partial charge in [0.05, 0.1) is 5.75 Å². The van der Waals surface area contributed by atoms with E-state index in [1.807, 2.05) is 30.7 Å². The molecule has 1 aromatic carbocycles. The van der Waals surface area contributed by atoms with Gasteiger partial charge in [0.1, 0.15) is 17.2 Å². The highest BCUT2D eigenvalue weighted by Gasteiger charge is 2.41. The van der Waals surface area contributed by atoms with Gasteiger partial charge in [-0.25, -0.2) is 4.39 Å². The van der Waals surface area contributed by atoms with Crippen molar-refractivity contribution in [2.24, 2.45) is 5.92 Å². The van der Waals surface area contributed by atoms with E-state index in [1.54, 1.807) is 40.1 Å². The van der Waals surface area contributed by atoms with Gasteiger partial charge >= 0.3 is 0 Å². The molecule has 0 bridgehead atoms. The van der Waals surface area contributed by atoms with Crippen LogP contribution in [-0.4, -0.2) is 28.5 Å². The van der Waals surface area contributed by atoms with Crippen molar-refractivity contribution < 1.29 is 14.0 Å². The molecular formula is C20H23FN2O2S2. The maximum Gasteiger partial charge on any atom is 0.243 e. The summed E-state index contributed by atoms with van der Waals surface area (Å²) >= 11 is 3.16. The molecule has 27 heavy (non-hydrogen) atoms. The average Bonchev–Trinajstić information content (AvgIpc) is 3.28. The van der Waals surface area contributed by atoms with Gasteiger partial charge in [0.15, 0.2) is 0 Å². The van der Waals surface area contributed by atoms with Crippen molar-refractivity contribution in [3.05, 3.63) is 58.0 Å². The molecule has 2 heterocycles. The Morgan fingerprint density at radius 2 is 2.04 bits per heavy atom. The van der Waals surface area contributed by atoms with E-state index in [-0.39, 0.29) is 28.9 Å². The fourth-order valence-corrected chi connectivity index (χ4v) is 5.13. The number of carbonyl (C=O) groups is 2. The van der Waals surface area contributed by atoms with Gasteiger partial charge in [-0.3, -0.25) is 9.59 Å². The number of nitrogens with zero attached hydrogens (tertiary/aromatic N) is 1. The van der Waals surface area contributed by atoms with Crippen molar-refractivity contribution in [3.8, 4) is 0 Å². The van der Waals surface area contributed by atoms with Crippen molar-refractivity contribution >= 4 is 34.9 Å². The van der Waals surface area contributed by atoms with Crippen LogP contribution in [0.25, 0.3) is 0 Å². The Hall–Kier alpha value is -1.86. The first-order valence-electron chi connectivity index (χ1n) is 8.92. The summed E-state index contributed by atoms with van der Waals surface area (Å²) in [6, 6.07) is 7.55. The predicted molar refractivity (Wildman–Crippen MR) is 108 cm³/mol. The monoisotopic (exact) mass is 406 g/mol. The molecule has 1 fully saturated rings. The minimum Gasteiger partial charge on any atom is -0.350 e. The molecule has 1 saturated heterocycles. The molecule has 144 valence electrons. The van der Waals surface area contributed by atoms with E-state index in [4.69, 9.17) is 0 Å². The first-order chi connectivity index (χ1) is 13.0. The smallest absolute Gasteiger partial charge is 0.243 e. The van der Waals surface area contributed by atoms with Crippen LogP contribution in [0, 0.1) is 11.7 Å². The van der Waals surface area contributed by atoms with Gasteiger partial charge in [-0.2, -0.15) is 11.3 Å². The summed E-state index contributed by atoms with van der Waals surface area (Å²) in [7, 11) is 0. The second-order valence-electron chi connectivity index (χ2n) is 7.01. The highest BCUT2D eigenvalue weighted by Crippen LogP contribution is 2.41. The maximum absolute atomic E-state index is 13.0. The molecule has 2 amide bonds. The quantitative estimate of drug-likeness (QED) is 0.750. The lowest BCUT2D eigenvalue weighted by Gasteiger charge is -2.32. The minimum atomic E-state index is -0.516. The SMILES string of the molecule is CC(C)C[C@@H](C(=O)NCc1ccc(F)cc1)N1C(=O)CS[C@@H]1c1ccsc1. The average molecular weight is 407 g/mol. The van der Waals surface area contributed by atoms with Crippen LogP contribution in [0.2, 0.25) is 0 Å². The van der Waals surface area contributed by atoms with Gasteiger partial charge in [0, 0.05) is 6.54 Å². The van der Waals surface area contributed by atoms with Gasteiger partial charge in [-0.15, -0.1) is 11.8 Å². The lowest BCUT2D eigenvalue weighted by atomic mass is 10.0. The summed E-state index contributed by atoms with van der Waals surface area (Å²) in [6.45, 7) is 4.41. The molecule has 0 spiro atoms. The van der Waals surface area contributed by atoms with E-state index in [9.17, 15) is 14.0 Å². The first kappa shape index (κ1) is 19.9. The number of amides is 2. The molecule has 7 heteroatoms. The summed E-state index contributed by atoms with van der Waals surface area (Å²) in [4.78, 5) is 27.3. The third-order valence-electron chi connectivity index (χ3n) is 4.45. The number of carbonyl (C=O) groups excluding carboxylic acids is 2. The molecule has 4 nitrogen and oxygen atoms in total. The summed E-state index contributed by atoms with van der Waals surface area (Å²) in [5, 5.41) is 6.83. The summed E-state index contributed by atoms with van der Waals surface area (Å²) in [6.07, 6.45) is 0.599. The van der Waals surface area contributed by atoms with Gasteiger partial charge in [0.25, 0.3) is 0 Å². The molecule has 1 aromatic heterocycles. The van der Waals surface area contributed by atoms with Crippen LogP contribution in [0.4, 0.5) is 4.39 Å². The van der Waals surface area contributed by atoms with Gasteiger partial charge in [0.2, 0.25) is 11.8 Å². The highest BCUT2D eigenvalue weighted by molar-refractivity contribution is 8.00. The van der Waals surface area contributed by atoms with Crippen LogP contribution in [0.1, 0.15) is 36.8 Å². The van der Waals surface area contributed by atoms with Gasteiger partial charge < -0.3 is 10.2 Å². The molecule has 1 N–H and O–H groups in total. The molecule has 0 saturated carbocycles. The van der Waals surface area contributed by atoms with Crippen LogP contribution in [0.5, 0.6) is 0 Å². The van der Waals surface area contributed by atoms with Crippen molar-refractivity contribution in [2.45, 2.75) is 38.2 Å². The third kappa shape index (κ3) is 4.90. The Labute approximate surface area is 167 Å². The fraction of sp³-hybridized carbons (Fsp3) is 0.400. The van der Waals surface area contributed by atoms with E-state index in [2.05, 4.69) is 5.32 Å². The second-order valence-corrected chi connectivity index (χ2v) is 8.86. The van der Waals surface area contributed by atoms with E-state index >= 15 is 0 Å². The number of hydrogen-bond donors (Lipinski definition) is 1. The van der Waals surface area contributed by atoms with Crippen LogP contribution in [0.3, 0.4) is 0 Å². The Morgan fingerprint density at radius 3 is 2.67 bits per heavy atom. The minimum absolute atomic E-state index is 0.00113. The number of thiophene rings is 1. The molecule has 1 aliphatic rings. The molecule has 0 aliphatic carbocycles. The lowest BCUT2D eigenvalue weighted by Crippen LogP contribution is -2.49. The number of halogens is 1. The topological polar surface area (TPSA) is 49.4 Å². The van der Waals surface area contributed by atoms with Crippen molar-refractivity contribution in [1.29, 1.82) is 0 Å². The summed E-state index contributed by atoms with van der Waals surface area (Å²) in [5.74, 6) is 0.192. The number of thioether (sulfide) groups is 1. The Kier molecular flexibility index (Phi) is 6.55. The molecule has 1 aliphatic heterocycles. The van der Waals surface area contributed by atoms with Crippen LogP contribution < -0.4 is 5.32 Å². The number of nitrogens with one attached hydrogen (secondary N) is 1. The van der Waals surface area contributed by atoms with E-state index < -0.39 is 6.04 Å². The molecule has 2 atom stereocenters. The number of hydrogen-bond acceptors (Lipinski definition) is 4. The fourth-order valence-electron chi connectivity index (χ4n) is 3.15. The predicted octanol–water partition coefficient (Wildman–Crippen LogP) is 4.19.